The van der Waals surface area contributed by atoms with Crippen LogP contribution in [0, 0.1) is 0 Å². The Balaban J connectivity index is 0.000000176. The maximum absolute atomic E-state index is 10.3. The summed E-state index contributed by atoms with van der Waals surface area (Å²) in [6.45, 7) is 3.45. The van der Waals surface area contributed by atoms with Crippen molar-refractivity contribution in [2.75, 3.05) is 13.2 Å². The summed E-state index contributed by atoms with van der Waals surface area (Å²) in [6.07, 6.45) is 1.05. The van der Waals surface area contributed by atoms with Crippen LogP contribution >= 0.6 is 0 Å². The van der Waals surface area contributed by atoms with Crippen molar-refractivity contribution in [3.05, 3.63) is 47.4 Å². The molecule has 2 aliphatic carbocycles. The Labute approximate surface area is 93.0 Å². The number of fused-ring (bicyclic) bond motifs is 1. The summed E-state index contributed by atoms with van der Waals surface area (Å²) in [7, 11) is 0. The third-order valence-corrected chi connectivity index (χ3v) is 1.78. The molecule has 0 unspecified atom stereocenters. The lowest BCUT2D eigenvalue weighted by molar-refractivity contribution is -0.137. The van der Waals surface area contributed by atoms with Crippen molar-refractivity contribution in [2.24, 2.45) is 5.11 Å². The average molecular weight is 217 g/mol. The van der Waals surface area contributed by atoms with Crippen molar-refractivity contribution in [2.45, 2.75) is 0 Å². The number of esters is 1. The molecule has 5 nitrogen and oxygen atoms in total. The highest BCUT2D eigenvalue weighted by Gasteiger charge is 2.06. The number of carbonyl (C=O) groups excluding carboxylic acids is 1. The number of hydrogen-bond acceptors (Lipinski definition) is 3. The first-order valence-electron chi connectivity index (χ1n) is 4.68. The van der Waals surface area contributed by atoms with Crippen molar-refractivity contribution in [1.82, 2.24) is 0 Å². The van der Waals surface area contributed by atoms with Crippen LogP contribution in [-0.4, -0.2) is 19.1 Å². The second-order valence-corrected chi connectivity index (χ2v) is 2.91. The Morgan fingerprint density at radius 1 is 1.56 bits per heavy atom. The van der Waals surface area contributed by atoms with E-state index >= 15 is 0 Å². The van der Waals surface area contributed by atoms with Gasteiger partial charge in [0.2, 0.25) is 0 Å². The molecule has 0 bridgehead atoms. The van der Waals surface area contributed by atoms with E-state index in [-0.39, 0.29) is 13.2 Å². The van der Waals surface area contributed by atoms with Gasteiger partial charge in [-0.2, -0.15) is 0 Å². The van der Waals surface area contributed by atoms with Gasteiger partial charge in [0.15, 0.2) is 0 Å². The third kappa shape index (κ3) is 4.30. The number of hydrogen-bond donors (Lipinski definition) is 0. The van der Waals surface area contributed by atoms with Gasteiger partial charge < -0.3 is 4.74 Å². The zero-order valence-corrected chi connectivity index (χ0v) is 8.67. The van der Waals surface area contributed by atoms with Gasteiger partial charge in [-0.25, -0.2) is 4.79 Å². The third-order valence-electron chi connectivity index (χ3n) is 1.78. The van der Waals surface area contributed by atoms with Crippen LogP contribution in [0.4, 0.5) is 0 Å². The molecule has 0 aromatic rings. The van der Waals surface area contributed by atoms with Crippen LogP contribution in [0.3, 0.4) is 0 Å². The summed E-state index contributed by atoms with van der Waals surface area (Å²) in [6, 6.07) is 8.48. The smallest absolute Gasteiger partial charge is 0.330 e. The highest BCUT2D eigenvalue weighted by Crippen LogP contribution is 2.32. The summed E-state index contributed by atoms with van der Waals surface area (Å²) in [4.78, 5) is 12.8. The molecule has 0 atom stereocenters. The molecule has 0 fully saturated rings. The van der Waals surface area contributed by atoms with Crippen LogP contribution in [0.5, 0.6) is 0 Å². The van der Waals surface area contributed by atoms with E-state index in [1.165, 1.54) is 11.1 Å². The lowest BCUT2D eigenvalue weighted by Crippen LogP contribution is -2.03. The van der Waals surface area contributed by atoms with E-state index in [1.54, 1.807) is 0 Å². The molecule has 0 saturated heterocycles. The molecule has 0 aromatic carbocycles. The molecule has 0 heterocycles. The van der Waals surface area contributed by atoms with E-state index in [4.69, 9.17) is 5.53 Å². The maximum atomic E-state index is 10.3. The van der Waals surface area contributed by atoms with Crippen LogP contribution in [0.1, 0.15) is 0 Å². The molecule has 16 heavy (non-hydrogen) atoms. The van der Waals surface area contributed by atoms with E-state index in [1.807, 2.05) is 0 Å². The van der Waals surface area contributed by atoms with E-state index in [2.05, 4.69) is 45.6 Å². The number of rotatable bonds is 4. The van der Waals surface area contributed by atoms with Gasteiger partial charge in [-0.05, 0) is 22.7 Å². The van der Waals surface area contributed by atoms with Gasteiger partial charge in [0.05, 0.1) is 13.2 Å². The molecule has 0 saturated carbocycles. The minimum absolute atomic E-state index is 0.106. The van der Waals surface area contributed by atoms with Gasteiger partial charge in [0.25, 0.3) is 0 Å². The molecular formula is C11H11N3O2. The van der Waals surface area contributed by atoms with Crippen molar-refractivity contribution in [3.8, 4) is 11.1 Å². The number of carbonyl (C=O) groups is 1. The molecule has 0 aromatic heterocycles. The molecule has 0 radical (unpaired) electrons. The summed E-state index contributed by atoms with van der Waals surface area (Å²) >= 11 is 0. The fraction of sp³-hybridized carbons (Fsp3) is 0.182. The lowest BCUT2D eigenvalue weighted by Gasteiger charge is -1.94. The first kappa shape index (κ1) is 11.8. The molecule has 0 aliphatic heterocycles. The second-order valence-electron chi connectivity index (χ2n) is 2.91. The number of benzene rings is 1. The van der Waals surface area contributed by atoms with Crippen LogP contribution in [0.2, 0.25) is 0 Å². The van der Waals surface area contributed by atoms with Crippen molar-refractivity contribution in [3.63, 3.8) is 0 Å². The SMILES string of the molecule is C=CC(=O)OCCN=[N+]=[N-].c1cc2cc-2c1. The fourth-order valence-corrected chi connectivity index (χ4v) is 0.966. The summed E-state index contributed by atoms with van der Waals surface area (Å²) in [5.41, 5.74) is 10.6. The minimum Gasteiger partial charge on any atom is -0.462 e. The van der Waals surface area contributed by atoms with Gasteiger partial charge >= 0.3 is 5.97 Å². The highest BCUT2D eigenvalue weighted by molar-refractivity contribution is 5.81. The molecule has 2 rings (SSSR count). The average Bonchev–Trinajstić information content (AvgIpc) is 2.92. The highest BCUT2D eigenvalue weighted by atomic mass is 16.5. The van der Waals surface area contributed by atoms with Crippen LogP contribution in [-0.2, 0) is 9.53 Å². The zero-order chi connectivity index (χ0) is 11.8. The summed E-state index contributed by atoms with van der Waals surface area (Å²) in [5.74, 6) is -0.506. The summed E-state index contributed by atoms with van der Waals surface area (Å²) in [5, 5.41) is 3.15. The van der Waals surface area contributed by atoms with E-state index in [9.17, 15) is 4.79 Å². The molecule has 0 spiro atoms. The number of ether oxygens (including phenoxy) is 1. The first-order valence-corrected chi connectivity index (χ1v) is 4.68. The van der Waals surface area contributed by atoms with Crippen molar-refractivity contribution >= 4 is 5.97 Å². The van der Waals surface area contributed by atoms with Crippen molar-refractivity contribution < 1.29 is 9.53 Å². The predicted molar refractivity (Wildman–Crippen MR) is 60.6 cm³/mol. The van der Waals surface area contributed by atoms with Gasteiger partial charge in [0.1, 0.15) is 0 Å². The Morgan fingerprint density at radius 3 is 2.62 bits per heavy atom. The Hall–Kier alpha value is -2.26. The number of nitrogens with zero attached hydrogens (tertiary/aromatic N) is 3. The fourth-order valence-electron chi connectivity index (χ4n) is 0.966. The zero-order valence-electron chi connectivity index (χ0n) is 8.67. The van der Waals surface area contributed by atoms with E-state index in [0.717, 1.165) is 6.08 Å². The molecule has 5 heteroatoms. The normalized spacial score (nSPS) is 9.00. The van der Waals surface area contributed by atoms with Crippen molar-refractivity contribution in [1.29, 1.82) is 0 Å². The maximum Gasteiger partial charge on any atom is 0.330 e. The molecule has 0 amide bonds. The molecule has 2 aliphatic rings. The van der Waals surface area contributed by atoms with E-state index in [0.29, 0.717) is 0 Å². The molecule has 82 valence electrons. The number of azide groups is 1. The topological polar surface area (TPSA) is 75.1 Å². The predicted octanol–water partition coefficient (Wildman–Crippen LogP) is 2.69. The molecule has 0 N–H and O–H groups in total. The van der Waals surface area contributed by atoms with Crippen LogP contribution in [0.25, 0.3) is 21.6 Å². The second kappa shape index (κ2) is 6.27. The Morgan fingerprint density at radius 2 is 2.25 bits per heavy atom. The monoisotopic (exact) mass is 217 g/mol. The van der Waals surface area contributed by atoms with Gasteiger partial charge in [-0.1, -0.05) is 29.9 Å². The summed E-state index contributed by atoms with van der Waals surface area (Å²) < 4.78 is 4.47. The quantitative estimate of drug-likeness (QED) is 0.197. The van der Waals surface area contributed by atoms with Gasteiger partial charge in [-0.15, -0.1) is 0 Å². The van der Waals surface area contributed by atoms with Crippen LogP contribution in [0.15, 0.2) is 42.0 Å². The lowest BCUT2D eigenvalue weighted by atomic mass is 10.6. The van der Waals surface area contributed by atoms with Gasteiger partial charge in [0, 0.05) is 11.0 Å². The Kier molecular flexibility index (Phi) is 4.63. The minimum atomic E-state index is -0.506. The standard InChI is InChI=1S/C6H4.C5H7N3O2/c1-2-5-4-6(5)3-1;1-2-5(9)10-4-3-7-8-6/h1-4H;2H,1,3-4H2. The molecular weight excluding hydrogens is 206 g/mol. The first-order chi connectivity index (χ1) is 7.77. The van der Waals surface area contributed by atoms with E-state index < -0.39 is 5.97 Å². The van der Waals surface area contributed by atoms with Gasteiger partial charge in [-0.3, -0.25) is 0 Å². The Bertz CT molecular complexity index is 419. The largest absolute Gasteiger partial charge is 0.462 e. The van der Waals surface area contributed by atoms with Crippen LogP contribution < -0.4 is 0 Å².